The van der Waals surface area contributed by atoms with E-state index in [1.807, 2.05) is 23.7 Å². The highest BCUT2D eigenvalue weighted by Gasteiger charge is 2.26. The summed E-state index contributed by atoms with van der Waals surface area (Å²) in [7, 11) is 0. The first-order valence-corrected chi connectivity index (χ1v) is 9.15. The monoisotopic (exact) mass is 356 g/mol. The van der Waals surface area contributed by atoms with Crippen LogP contribution in [0, 0.1) is 0 Å². The van der Waals surface area contributed by atoms with Crippen molar-refractivity contribution in [2.75, 3.05) is 13.2 Å². The highest BCUT2D eigenvalue weighted by atomic mass is 16.5. The lowest BCUT2D eigenvalue weighted by Gasteiger charge is -2.28. The molecule has 2 amide bonds. The first-order chi connectivity index (χ1) is 12.7. The van der Waals surface area contributed by atoms with E-state index in [1.165, 1.54) is 5.56 Å². The standard InChI is InChI=1S/C19H24N4O3/c1-2-23-17-5-7-22(11-15(17)16(12-24)21-23)19(25)20-10-13-3-4-18-14(9-13)6-8-26-18/h3-4,9,24H,2,5-8,10-12H2,1H3,(H,20,25). The van der Waals surface area contributed by atoms with E-state index in [2.05, 4.69) is 16.5 Å². The van der Waals surface area contributed by atoms with Crippen LogP contribution in [0.3, 0.4) is 0 Å². The van der Waals surface area contributed by atoms with Gasteiger partial charge >= 0.3 is 6.03 Å². The third-order valence-corrected chi connectivity index (χ3v) is 5.15. The maximum absolute atomic E-state index is 12.6. The molecule has 0 radical (unpaired) electrons. The number of hydrogen-bond donors (Lipinski definition) is 2. The van der Waals surface area contributed by atoms with Crippen molar-refractivity contribution >= 4 is 6.03 Å². The lowest BCUT2D eigenvalue weighted by molar-refractivity contribution is 0.190. The largest absolute Gasteiger partial charge is 0.493 e. The first kappa shape index (κ1) is 16.9. The van der Waals surface area contributed by atoms with Gasteiger partial charge in [0.15, 0.2) is 0 Å². The number of aryl methyl sites for hydroxylation is 1. The summed E-state index contributed by atoms with van der Waals surface area (Å²) in [5.74, 6) is 0.952. The van der Waals surface area contributed by atoms with Crippen molar-refractivity contribution in [2.45, 2.75) is 46.0 Å². The molecule has 7 nitrogen and oxygen atoms in total. The Kier molecular flexibility index (Phi) is 4.55. The van der Waals surface area contributed by atoms with Crippen LogP contribution in [0.4, 0.5) is 4.79 Å². The van der Waals surface area contributed by atoms with Gasteiger partial charge in [0.2, 0.25) is 0 Å². The molecule has 4 rings (SSSR count). The summed E-state index contributed by atoms with van der Waals surface area (Å²) in [6.45, 7) is 5.10. The Hall–Kier alpha value is -2.54. The van der Waals surface area contributed by atoms with Crippen LogP contribution in [-0.4, -0.2) is 39.0 Å². The average molecular weight is 356 g/mol. The van der Waals surface area contributed by atoms with Crippen molar-refractivity contribution in [3.05, 3.63) is 46.3 Å². The summed E-state index contributed by atoms with van der Waals surface area (Å²) in [5, 5.41) is 17.0. The molecule has 0 spiro atoms. The highest BCUT2D eigenvalue weighted by Crippen LogP contribution is 2.26. The molecule has 1 aromatic heterocycles. The summed E-state index contributed by atoms with van der Waals surface area (Å²) in [6, 6.07) is 5.99. The lowest BCUT2D eigenvalue weighted by atomic mass is 10.1. The molecular formula is C19H24N4O3. The number of fused-ring (bicyclic) bond motifs is 2. The Morgan fingerprint density at radius 3 is 3.08 bits per heavy atom. The second kappa shape index (κ2) is 6.99. The van der Waals surface area contributed by atoms with Gasteiger partial charge in [0.25, 0.3) is 0 Å². The predicted octanol–water partition coefficient (Wildman–Crippen LogP) is 1.60. The van der Waals surface area contributed by atoms with Crippen LogP contribution in [0.25, 0.3) is 0 Å². The zero-order valence-corrected chi connectivity index (χ0v) is 15.0. The molecule has 2 aliphatic heterocycles. The van der Waals surface area contributed by atoms with Crippen LogP contribution in [0.1, 0.15) is 35.0 Å². The van der Waals surface area contributed by atoms with Gasteiger partial charge in [0.1, 0.15) is 5.75 Å². The van der Waals surface area contributed by atoms with Crippen molar-refractivity contribution in [1.82, 2.24) is 20.0 Å². The van der Waals surface area contributed by atoms with Gasteiger partial charge < -0.3 is 20.1 Å². The van der Waals surface area contributed by atoms with Crippen LogP contribution >= 0.6 is 0 Å². The topological polar surface area (TPSA) is 79.6 Å². The molecular weight excluding hydrogens is 332 g/mol. The van der Waals surface area contributed by atoms with Gasteiger partial charge in [-0.25, -0.2) is 4.79 Å². The summed E-state index contributed by atoms with van der Waals surface area (Å²) in [4.78, 5) is 14.4. The fourth-order valence-electron chi connectivity index (χ4n) is 3.76. The smallest absolute Gasteiger partial charge is 0.317 e. The molecule has 3 heterocycles. The molecule has 1 aromatic carbocycles. The molecule has 2 aromatic rings. The number of hydrogen-bond acceptors (Lipinski definition) is 4. The van der Waals surface area contributed by atoms with Gasteiger partial charge in [0, 0.05) is 43.7 Å². The SMILES string of the molecule is CCn1nc(CO)c2c1CCN(C(=O)NCc1ccc3c(c1)CCO3)C2. The number of urea groups is 1. The fourth-order valence-corrected chi connectivity index (χ4v) is 3.76. The number of benzene rings is 1. The van der Waals surface area contributed by atoms with E-state index in [1.54, 1.807) is 4.90 Å². The third-order valence-electron chi connectivity index (χ3n) is 5.15. The second-order valence-electron chi connectivity index (χ2n) is 6.72. The maximum atomic E-state index is 12.6. The molecule has 138 valence electrons. The number of aliphatic hydroxyl groups is 1. The number of amides is 2. The van der Waals surface area contributed by atoms with Crippen molar-refractivity contribution in [3.63, 3.8) is 0 Å². The lowest BCUT2D eigenvalue weighted by Crippen LogP contribution is -2.42. The Morgan fingerprint density at radius 2 is 2.27 bits per heavy atom. The average Bonchev–Trinajstić information content (AvgIpc) is 3.28. The van der Waals surface area contributed by atoms with Crippen LogP contribution < -0.4 is 10.1 Å². The van der Waals surface area contributed by atoms with Crippen LogP contribution in [0.15, 0.2) is 18.2 Å². The summed E-state index contributed by atoms with van der Waals surface area (Å²) < 4.78 is 7.45. The number of carbonyl (C=O) groups is 1. The van der Waals surface area contributed by atoms with E-state index in [-0.39, 0.29) is 12.6 Å². The van der Waals surface area contributed by atoms with E-state index in [0.29, 0.717) is 25.3 Å². The molecule has 0 atom stereocenters. The fraction of sp³-hybridized carbons (Fsp3) is 0.474. The molecule has 0 saturated heterocycles. The van der Waals surface area contributed by atoms with Gasteiger partial charge in [-0.2, -0.15) is 5.10 Å². The number of carbonyl (C=O) groups excluding carboxylic acids is 1. The Balaban J connectivity index is 1.41. The number of nitrogens with zero attached hydrogens (tertiary/aromatic N) is 3. The number of nitrogens with one attached hydrogen (secondary N) is 1. The Labute approximate surface area is 152 Å². The molecule has 0 unspecified atom stereocenters. The first-order valence-electron chi connectivity index (χ1n) is 9.15. The molecule has 26 heavy (non-hydrogen) atoms. The minimum Gasteiger partial charge on any atom is -0.493 e. The highest BCUT2D eigenvalue weighted by molar-refractivity contribution is 5.74. The van der Waals surface area contributed by atoms with Gasteiger partial charge in [-0.15, -0.1) is 0 Å². The number of aliphatic hydroxyl groups excluding tert-OH is 1. The van der Waals surface area contributed by atoms with E-state index in [9.17, 15) is 9.90 Å². The summed E-state index contributed by atoms with van der Waals surface area (Å²) in [6.07, 6.45) is 1.69. The number of ether oxygens (including phenoxy) is 1. The molecule has 2 aliphatic rings. The maximum Gasteiger partial charge on any atom is 0.317 e. The van der Waals surface area contributed by atoms with E-state index >= 15 is 0 Å². The second-order valence-corrected chi connectivity index (χ2v) is 6.72. The van der Waals surface area contributed by atoms with E-state index in [0.717, 1.165) is 48.6 Å². The van der Waals surface area contributed by atoms with Crippen molar-refractivity contribution in [1.29, 1.82) is 0 Å². The Morgan fingerprint density at radius 1 is 1.38 bits per heavy atom. The predicted molar refractivity (Wildman–Crippen MR) is 95.8 cm³/mol. The summed E-state index contributed by atoms with van der Waals surface area (Å²) in [5.41, 5.74) is 5.09. The molecule has 0 aliphatic carbocycles. The molecule has 0 bridgehead atoms. The normalized spacial score (nSPS) is 15.4. The van der Waals surface area contributed by atoms with Crippen LogP contribution in [0.5, 0.6) is 5.75 Å². The van der Waals surface area contributed by atoms with Crippen LogP contribution in [-0.2, 0) is 39.1 Å². The number of aromatic nitrogens is 2. The van der Waals surface area contributed by atoms with Crippen molar-refractivity contribution in [2.24, 2.45) is 0 Å². The van der Waals surface area contributed by atoms with Gasteiger partial charge in [-0.3, -0.25) is 4.68 Å². The van der Waals surface area contributed by atoms with Gasteiger partial charge in [0.05, 0.1) is 25.5 Å². The van der Waals surface area contributed by atoms with E-state index < -0.39 is 0 Å². The van der Waals surface area contributed by atoms with Gasteiger partial charge in [-0.1, -0.05) is 12.1 Å². The minimum absolute atomic E-state index is 0.0828. The minimum atomic E-state index is -0.0952. The molecule has 0 fully saturated rings. The van der Waals surface area contributed by atoms with Crippen molar-refractivity contribution in [3.8, 4) is 5.75 Å². The zero-order valence-electron chi connectivity index (χ0n) is 15.0. The third kappa shape index (κ3) is 3.03. The van der Waals surface area contributed by atoms with E-state index in [4.69, 9.17) is 4.74 Å². The van der Waals surface area contributed by atoms with Crippen molar-refractivity contribution < 1.29 is 14.6 Å². The number of rotatable bonds is 4. The summed E-state index contributed by atoms with van der Waals surface area (Å²) >= 11 is 0. The van der Waals surface area contributed by atoms with Gasteiger partial charge in [-0.05, 0) is 24.1 Å². The zero-order chi connectivity index (χ0) is 18.1. The molecule has 7 heteroatoms. The van der Waals surface area contributed by atoms with Crippen LogP contribution in [0.2, 0.25) is 0 Å². The quantitative estimate of drug-likeness (QED) is 0.872. The Bertz CT molecular complexity index is 830. The molecule has 0 saturated carbocycles. The molecule has 2 N–H and O–H groups in total.